The van der Waals surface area contributed by atoms with Crippen molar-refractivity contribution in [3.63, 3.8) is 0 Å². The summed E-state index contributed by atoms with van der Waals surface area (Å²) in [5.74, 6) is -4.27. The number of fused-ring (bicyclic) bond motifs is 1. The van der Waals surface area contributed by atoms with E-state index < -0.39 is 29.3 Å². The Hall–Kier alpha value is -2.02. The van der Waals surface area contributed by atoms with Crippen LogP contribution in [0.25, 0.3) is 0 Å². The van der Waals surface area contributed by atoms with Crippen molar-refractivity contribution in [3.05, 3.63) is 29.3 Å². The van der Waals surface area contributed by atoms with Gasteiger partial charge in [0, 0.05) is 24.7 Å². The molecule has 7 heteroatoms. The van der Waals surface area contributed by atoms with Gasteiger partial charge < -0.3 is 9.75 Å². The number of carbonyl (C=O) groups is 2. The van der Waals surface area contributed by atoms with E-state index in [2.05, 4.69) is 0 Å². The molecule has 5 nitrogen and oxygen atoms in total. The molecule has 2 aliphatic rings. The van der Waals surface area contributed by atoms with Crippen LogP contribution in [-0.2, 0) is 9.53 Å². The monoisotopic (exact) mass is 324 g/mol. The largest absolute Gasteiger partial charge is 0.465 e. The molecule has 2 aliphatic heterocycles. The molecule has 0 aliphatic carbocycles. The molecule has 0 bridgehead atoms. The minimum atomic E-state index is -1.09. The molecule has 1 atom stereocenters. The second-order valence-electron chi connectivity index (χ2n) is 5.70. The maximum atomic E-state index is 13.6. The number of hydrogen-bond acceptors (Lipinski definition) is 5. The van der Waals surface area contributed by atoms with Crippen LogP contribution in [0.4, 0.5) is 14.5 Å². The first-order chi connectivity index (χ1) is 11.0. The van der Waals surface area contributed by atoms with Crippen molar-refractivity contribution in [2.75, 3.05) is 31.3 Å². The summed E-state index contributed by atoms with van der Waals surface area (Å²) in [5.41, 5.74) is 0.344. The second kappa shape index (κ2) is 6.23. The highest BCUT2D eigenvalue weighted by Gasteiger charge is 2.40. The van der Waals surface area contributed by atoms with E-state index in [1.807, 2.05) is 5.01 Å². The van der Waals surface area contributed by atoms with Crippen LogP contribution in [0.2, 0.25) is 0 Å². The van der Waals surface area contributed by atoms with Crippen LogP contribution in [0, 0.1) is 17.6 Å². The Labute approximate surface area is 132 Å². The van der Waals surface area contributed by atoms with Gasteiger partial charge in [-0.05, 0) is 25.8 Å². The number of anilines is 1. The van der Waals surface area contributed by atoms with Crippen LogP contribution in [0.3, 0.4) is 0 Å². The highest BCUT2D eigenvalue weighted by Crippen LogP contribution is 2.34. The van der Waals surface area contributed by atoms with Gasteiger partial charge in [-0.25, -0.2) is 13.8 Å². The van der Waals surface area contributed by atoms with Crippen molar-refractivity contribution in [1.29, 1.82) is 0 Å². The van der Waals surface area contributed by atoms with Gasteiger partial charge in [0.1, 0.15) is 5.92 Å². The lowest BCUT2D eigenvalue weighted by Gasteiger charge is -2.39. The number of esters is 1. The Morgan fingerprint density at radius 3 is 2.57 bits per heavy atom. The number of benzene rings is 1. The van der Waals surface area contributed by atoms with Gasteiger partial charge in [-0.15, -0.1) is 0 Å². The zero-order valence-electron chi connectivity index (χ0n) is 12.8. The predicted octanol–water partition coefficient (Wildman–Crippen LogP) is 2.16. The smallest absolute Gasteiger partial charge is 0.318 e. The number of nitrogens with zero attached hydrogens (tertiary/aromatic N) is 2. The molecular weight excluding hydrogens is 306 g/mol. The zero-order valence-corrected chi connectivity index (χ0v) is 12.8. The van der Waals surface area contributed by atoms with E-state index in [0.717, 1.165) is 38.1 Å². The van der Waals surface area contributed by atoms with Gasteiger partial charge >= 0.3 is 5.97 Å². The highest BCUT2D eigenvalue weighted by atomic mass is 19.2. The highest BCUT2D eigenvalue weighted by molar-refractivity contribution is 6.13. The summed E-state index contributed by atoms with van der Waals surface area (Å²) in [7, 11) is 0. The molecule has 0 unspecified atom stereocenters. The minimum absolute atomic E-state index is 0.0279. The topological polar surface area (TPSA) is 49.9 Å². The SMILES string of the molecule is CCOC(=O)[C@@H]1CN(N2CCCC2)c2cc(F)c(F)cc2C1=O. The third-order valence-corrected chi connectivity index (χ3v) is 4.25. The first-order valence-electron chi connectivity index (χ1n) is 7.75. The van der Waals surface area contributed by atoms with Gasteiger partial charge in [-0.1, -0.05) is 0 Å². The van der Waals surface area contributed by atoms with Gasteiger partial charge in [0.05, 0.1) is 18.8 Å². The maximum Gasteiger partial charge on any atom is 0.318 e. The number of hydrazine groups is 1. The lowest BCUT2D eigenvalue weighted by molar-refractivity contribution is -0.146. The molecule has 0 saturated carbocycles. The Morgan fingerprint density at radius 1 is 1.26 bits per heavy atom. The third-order valence-electron chi connectivity index (χ3n) is 4.25. The Balaban J connectivity index is 2.03. The Bertz CT molecular complexity index is 644. The zero-order chi connectivity index (χ0) is 16.6. The van der Waals surface area contributed by atoms with E-state index in [4.69, 9.17) is 4.74 Å². The van der Waals surface area contributed by atoms with E-state index in [1.54, 1.807) is 11.9 Å². The van der Waals surface area contributed by atoms with E-state index in [0.29, 0.717) is 5.69 Å². The maximum absolute atomic E-state index is 13.6. The summed E-state index contributed by atoms with van der Waals surface area (Å²) in [6, 6.07) is 1.91. The average Bonchev–Trinajstić information content (AvgIpc) is 3.04. The molecule has 124 valence electrons. The van der Waals surface area contributed by atoms with E-state index in [-0.39, 0.29) is 18.7 Å². The summed E-state index contributed by atoms with van der Waals surface area (Å²) in [6.45, 7) is 3.42. The number of rotatable bonds is 3. The molecule has 1 aromatic carbocycles. The summed E-state index contributed by atoms with van der Waals surface area (Å²) in [5, 5.41) is 3.68. The first-order valence-corrected chi connectivity index (χ1v) is 7.75. The van der Waals surface area contributed by atoms with Gasteiger partial charge in [0.15, 0.2) is 17.4 Å². The molecule has 1 fully saturated rings. The minimum Gasteiger partial charge on any atom is -0.465 e. The van der Waals surface area contributed by atoms with Crippen molar-refractivity contribution in [2.45, 2.75) is 19.8 Å². The summed E-state index contributed by atoms with van der Waals surface area (Å²) in [4.78, 5) is 24.6. The van der Waals surface area contributed by atoms with E-state index in [1.165, 1.54) is 0 Å². The van der Waals surface area contributed by atoms with E-state index >= 15 is 0 Å². The van der Waals surface area contributed by atoms with Crippen molar-refractivity contribution in [3.8, 4) is 0 Å². The van der Waals surface area contributed by atoms with Gasteiger partial charge in [0.2, 0.25) is 0 Å². The molecule has 1 saturated heterocycles. The number of Topliss-reactive ketones (excluding diaryl/α,β-unsaturated/α-hetero) is 1. The molecule has 0 aromatic heterocycles. The van der Waals surface area contributed by atoms with E-state index in [9.17, 15) is 18.4 Å². The number of ether oxygens (including phenoxy) is 1. The molecule has 23 heavy (non-hydrogen) atoms. The molecular formula is C16H18F2N2O3. The van der Waals surface area contributed by atoms with Gasteiger partial charge in [-0.3, -0.25) is 9.59 Å². The van der Waals surface area contributed by atoms with Crippen LogP contribution in [-0.4, -0.2) is 43.0 Å². The van der Waals surface area contributed by atoms with Crippen molar-refractivity contribution < 1.29 is 23.1 Å². The summed E-state index contributed by atoms with van der Waals surface area (Å²) >= 11 is 0. The number of halogens is 2. The van der Waals surface area contributed by atoms with Gasteiger partial charge in [0.25, 0.3) is 0 Å². The fourth-order valence-corrected chi connectivity index (χ4v) is 3.12. The molecule has 0 N–H and O–H groups in total. The average molecular weight is 324 g/mol. The first kappa shape index (κ1) is 15.9. The molecule has 0 spiro atoms. The number of carbonyl (C=O) groups excluding carboxylic acids is 2. The Morgan fingerprint density at radius 2 is 1.91 bits per heavy atom. The quantitative estimate of drug-likeness (QED) is 0.630. The Kier molecular flexibility index (Phi) is 4.30. The lowest BCUT2D eigenvalue weighted by atomic mass is 9.91. The van der Waals surface area contributed by atoms with Crippen molar-refractivity contribution in [1.82, 2.24) is 5.01 Å². The normalized spacial score (nSPS) is 21.4. The molecule has 3 rings (SSSR count). The number of ketones is 1. The standard InChI is InChI=1S/C16H18F2N2O3/c1-2-23-16(22)11-9-20(19-5-3-4-6-19)14-8-13(18)12(17)7-10(14)15(11)21/h7-8,11H,2-6,9H2,1H3/t11-/m1/s1. The van der Waals surface area contributed by atoms with Gasteiger partial charge in [-0.2, -0.15) is 0 Å². The molecule has 0 radical (unpaired) electrons. The summed E-state index contributed by atoms with van der Waals surface area (Å²) < 4.78 is 32.2. The fourth-order valence-electron chi connectivity index (χ4n) is 3.12. The van der Waals surface area contributed by atoms with Crippen LogP contribution in [0.5, 0.6) is 0 Å². The van der Waals surface area contributed by atoms with Crippen LogP contribution >= 0.6 is 0 Å². The predicted molar refractivity (Wildman–Crippen MR) is 79.0 cm³/mol. The number of hydrogen-bond donors (Lipinski definition) is 0. The second-order valence-corrected chi connectivity index (χ2v) is 5.70. The molecule has 1 aromatic rings. The van der Waals surface area contributed by atoms with Crippen molar-refractivity contribution >= 4 is 17.4 Å². The fraction of sp³-hybridized carbons (Fsp3) is 0.500. The lowest BCUT2D eigenvalue weighted by Crippen LogP contribution is -2.51. The third kappa shape index (κ3) is 2.81. The van der Waals surface area contributed by atoms with Crippen molar-refractivity contribution in [2.24, 2.45) is 5.92 Å². The van der Waals surface area contributed by atoms with Crippen LogP contribution < -0.4 is 5.01 Å². The molecule has 2 heterocycles. The van der Waals surface area contributed by atoms with Crippen LogP contribution in [0.1, 0.15) is 30.1 Å². The molecule has 0 amide bonds. The van der Waals surface area contributed by atoms with Crippen LogP contribution in [0.15, 0.2) is 12.1 Å². The summed E-state index contributed by atoms with van der Waals surface area (Å²) in [6.07, 6.45) is 1.96.